The van der Waals surface area contributed by atoms with Crippen LogP contribution in [0.4, 0.5) is 0 Å². The molecule has 3 aromatic heterocycles. The maximum Gasteiger partial charge on any atom is 0.137 e. The molecule has 0 aliphatic carbocycles. The van der Waals surface area contributed by atoms with Crippen LogP contribution in [0.15, 0.2) is 128 Å². The van der Waals surface area contributed by atoms with Crippen LogP contribution in [0.5, 0.6) is 0 Å². The molecule has 0 fully saturated rings. The van der Waals surface area contributed by atoms with Gasteiger partial charge in [-0.15, -0.1) is 0 Å². The van der Waals surface area contributed by atoms with Crippen molar-refractivity contribution in [1.29, 1.82) is 0 Å². The van der Waals surface area contributed by atoms with Crippen LogP contribution in [-0.4, -0.2) is 14.5 Å². The number of hydrogen-bond donors (Lipinski definition) is 0. The number of para-hydroxylation sites is 1. The first-order valence-electron chi connectivity index (χ1n) is 12.2. The van der Waals surface area contributed by atoms with Crippen molar-refractivity contribution >= 4 is 32.6 Å². The highest BCUT2D eigenvalue weighted by molar-refractivity contribution is 6.09. The van der Waals surface area contributed by atoms with Gasteiger partial charge in [0.15, 0.2) is 0 Å². The zero-order valence-corrected chi connectivity index (χ0v) is 19.7. The molecule has 0 radical (unpaired) electrons. The van der Waals surface area contributed by atoms with Gasteiger partial charge in [0.25, 0.3) is 0 Å². The zero-order valence-electron chi connectivity index (χ0n) is 19.7. The molecule has 0 aliphatic heterocycles. The van der Waals surface area contributed by atoms with Crippen molar-refractivity contribution in [3.05, 3.63) is 139 Å². The van der Waals surface area contributed by atoms with Crippen molar-refractivity contribution in [2.24, 2.45) is 0 Å². The topological polar surface area (TPSA) is 30.7 Å². The molecule has 0 saturated heterocycles. The Morgan fingerprint density at radius 1 is 0.556 bits per heavy atom. The molecular weight excluding hydrogens is 438 g/mol. The van der Waals surface area contributed by atoms with E-state index in [-0.39, 0.29) is 0 Å². The Bertz CT molecular complexity index is 1870. The second kappa shape index (κ2) is 8.47. The van der Waals surface area contributed by atoms with Gasteiger partial charge in [0.05, 0.1) is 16.7 Å². The lowest BCUT2D eigenvalue weighted by Gasteiger charge is -2.09. The smallest absolute Gasteiger partial charge is 0.137 e. The second-order valence-electron chi connectivity index (χ2n) is 9.19. The average molecular weight is 462 g/mol. The second-order valence-corrected chi connectivity index (χ2v) is 9.19. The standard InChI is InChI=1S/C33H23N3/c1-2-10-27-22-35-30(21-25(27)9-1)26-11-7-8-23(19-26)18-24-15-16-29-28-12-3-4-13-31(28)36(32(29)20-24)33-14-5-6-17-34-33/h1-17,19-22H,18H2. The van der Waals surface area contributed by atoms with Gasteiger partial charge in [-0.25, -0.2) is 4.98 Å². The summed E-state index contributed by atoms with van der Waals surface area (Å²) < 4.78 is 2.27. The van der Waals surface area contributed by atoms with Crippen LogP contribution in [0, 0.1) is 0 Å². The minimum absolute atomic E-state index is 0.848. The van der Waals surface area contributed by atoms with Gasteiger partial charge in [-0.2, -0.15) is 0 Å². The van der Waals surface area contributed by atoms with Crippen molar-refractivity contribution < 1.29 is 0 Å². The molecule has 0 atom stereocenters. The lowest BCUT2D eigenvalue weighted by Crippen LogP contribution is -1.97. The minimum atomic E-state index is 0.848. The first-order valence-corrected chi connectivity index (χ1v) is 12.2. The summed E-state index contributed by atoms with van der Waals surface area (Å²) in [6.45, 7) is 0. The maximum atomic E-state index is 4.73. The number of benzene rings is 4. The Morgan fingerprint density at radius 3 is 2.28 bits per heavy atom. The molecule has 0 saturated carbocycles. The molecule has 7 rings (SSSR count). The van der Waals surface area contributed by atoms with E-state index in [2.05, 4.69) is 113 Å². The van der Waals surface area contributed by atoms with Gasteiger partial charge in [-0.3, -0.25) is 9.55 Å². The number of aromatic nitrogens is 3. The molecule has 3 nitrogen and oxygen atoms in total. The van der Waals surface area contributed by atoms with Crippen LogP contribution >= 0.6 is 0 Å². The highest BCUT2D eigenvalue weighted by atomic mass is 15.1. The van der Waals surface area contributed by atoms with Crippen molar-refractivity contribution in [2.75, 3.05) is 0 Å². The third-order valence-corrected chi connectivity index (χ3v) is 6.88. The van der Waals surface area contributed by atoms with Crippen LogP contribution in [0.2, 0.25) is 0 Å². The monoisotopic (exact) mass is 461 g/mol. The summed E-state index contributed by atoms with van der Waals surface area (Å²) in [6.07, 6.45) is 4.66. The predicted octanol–water partition coefficient (Wildman–Crippen LogP) is 7.98. The summed E-state index contributed by atoms with van der Waals surface area (Å²) in [5.41, 5.74) is 7.03. The molecule has 0 aliphatic rings. The van der Waals surface area contributed by atoms with Crippen molar-refractivity contribution in [3.63, 3.8) is 0 Å². The van der Waals surface area contributed by atoms with Crippen molar-refractivity contribution in [2.45, 2.75) is 6.42 Å². The molecular formula is C33H23N3. The Kier molecular flexibility index (Phi) is 4.85. The third kappa shape index (κ3) is 3.53. The van der Waals surface area contributed by atoms with Crippen molar-refractivity contribution in [3.8, 4) is 17.1 Å². The van der Waals surface area contributed by atoms with Gasteiger partial charge in [0, 0.05) is 34.1 Å². The van der Waals surface area contributed by atoms with E-state index in [9.17, 15) is 0 Å². The quantitative estimate of drug-likeness (QED) is 0.266. The first-order chi connectivity index (χ1) is 17.8. The summed E-state index contributed by atoms with van der Waals surface area (Å²) in [5.74, 6) is 0.935. The molecule has 0 spiro atoms. The van der Waals surface area contributed by atoms with Gasteiger partial charge < -0.3 is 0 Å². The Labute approximate surface area is 209 Å². The largest absolute Gasteiger partial charge is 0.294 e. The highest BCUT2D eigenvalue weighted by Crippen LogP contribution is 2.32. The van der Waals surface area contributed by atoms with Gasteiger partial charge in [0.1, 0.15) is 5.82 Å². The van der Waals surface area contributed by atoms with E-state index >= 15 is 0 Å². The fourth-order valence-electron chi connectivity index (χ4n) is 5.18. The summed E-state index contributed by atoms with van der Waals surface area (Å²) >= 11 is 0. The normalized spacial score (nSPS) is 11.4. The van der Waals surface area contributed by atoms with Gasteiger partial charge >= 0.3 is 0 Å². The number of hydrogen-bond acceptors (Lipinski definition) is 2. The van der Waals surface area contributed by atoms with Crippen molar-refractivity contribution in [1.82, 2.24) is 14.5 Å². The van der Waals surface area contributed by atoms with Gasteiger partial charge in [-0.1, -0.05) is 78.9 Å². The predicted molar refractivity (Wildman–Crippen MR) is 149 cm³/mol. The van der Waals surface area contributed by atoms with Gasteiger partial charge in [-0.05, 0) is 59.3 Å². The van der Waals surface area contributed by atoms with Crippen LogP contribution in [0.1, 0.15) is 11.1 Å². The average Bonchev–Trinajstić information content (AvgIpc) is 3.27. The first kappa shape index (κ1) is 20.6. The molecule has 170 valence electrons. The van der Waals surface area contributed by atoms with E-state index < -0.39 is 0 Å². The zero-order chi connectivity index (χ0) is 23.9. The van der Waals surface area contributed by atoms with E-state index in [1.165, 1.54) is 38.3 Å². The number of fused-ring (bicyclic) bond motifs is 4. The summed E-state index contributed by atoms with van der Waals surface area (Å²) in [7, 11) is 0. The van der Waals surface area contributed by atoms with Gasteiger partial charge in [0.2, 0.25) is 0 Å². The summed E-state index contributed by atoms with van der Waals surface area (Å²) in [4.78, 5) is 9.38. The number of rotatable bonds is 4. The Morgan fingerprint density at radius 2 is 1.36 bits per heavy atom. The van der Waals surface area contributed by atoms with E-state index in [4.69, 9.17) is 4.98 Å². The highest BCUT2D eigenvalue weighted by Gasteiger charge is 2.13. The van der Waals surface area contributed by atoms with E-state index in [1.54, 1.807) is 0 Å². The molecule has 3 heterocycles. The molecule has 3 heteroatoms. The van der Waals surface area contributed by atoms with E-state index in [0.717, 1.165) is 28.9 Å². The Balaban J connectivity index is 1.30. The van der Waals surface area contributed by atoms with E-state index in [0.29, 0.717) is 0 Å². The Hall–Kier alpha value is -4.76. The maximum absolute atomic E-state index is 4.73. The minimum Gasteiger partial charge on any atom is -0.294 e. The van der Waals surface area contributed by atoms with E-state index in [1.807, 2.05) is 24.5 Å². The molecule has 36 heavy (non-hydrogen) atoms. The molecule has 0 amide bonds. The molecule has 4 aromatic carbocycles. The summed E-state index contributed by atoms with van der Waals surface area (Å²) in [5, 5.41) is 4.86. The van der Waals surface area contributed by atoms with Crippen LogP contribution in [-0.2, 0) is 6.42 Å². The SMILES string of the molecule is c1ccc(-n2c3ccccc3c3ccc(Cc4cccc(-c5cc6ccccc6cn5)c4)cc32)nc1. The number of pyridine rings is 2. The van der Waals surface area contributed by atoms with Crippen LogP contribution < -0.4 is 0 Å². The third-order valence-electron chi connectivity index (χ3n) is 6.88. The molecule has 7 aromatic rings. The van der Waals surface area contributed by atoms with Crippen LogP contribution in [0.25, 0.3) is 49.7 Å². The molecule has 0 N–H and O–H groups in total. The number of nitrogens with zero attached hydrogens (tertiary/aromatic N) is 3. The molecule has 0 bridgehead atoms. The fourth-order valence-corrected chi connectivity index (χ4v) is 5.18. The lowest BCUT2D eigenvalue weighted by molar-refractivity contribution is 1.08. The summed E-state index contributed by atoms with van der Waals surface area (Å²) in [6, 6.07) is 40.7. The molecule has 0 unspecified atom stereocenters. The fraction of sp³-hybridized carbons (Fsp3) is 0.0303. The lowest BCUT2D eigenvalue weighted by atomic mass is 9.99. The van der Waals surface area contributed by atoms with Crippen LogP contribution in [0.3, 0.4) is 0 Å².